The maximum absolute atomic E-state index is 12.0. The van der Waals surface area contributed by atoms with Crippen LogP contribution in [0.5, 0.6) is 0 Å². The van der Waals surface area contributed by atoms with Gasteiger partial charge in [0.05, 0.1) is 18.6 Å². The number of hydrogen-bond acceptors (Lipinski definition) is 5. The number of aliphatic carboxylic acids is 1. The van der Waals surface area contributed by atoms with Crippen molar-refractivity contribution in [3.8, 4) is 0 Å². The number of methoxy groups -OCH3 is 2. The first-order chi connectivity index (χ1) is 9.74. The summed E-state index contributed by atoms with van der Waals surface area (Å²) in [4.78, 5) is 36.0. The first kappa shape index (κ1) is 19.3. The number of urea groups is 1. The molecule has 0 fully saturated rings. The first-order valence-electron chi connectivity index (χ1n) is 6.54. The predicted octanol–water partition coefficient (Wildman–Crippen LogP) is 0.318. The average Bonchev–Trinajstić information content (AvgIpc) is 2.37. The Hall–Kier alpha value is -1.67. The fourth-order valence-corrected chi connectivity index (χ4v) is 1.44. The van der Waals surface area contributed by atoms with Crippen LogP contribution >= 0.6 is 0 Å². The molecule has 8 heteroatoms. The number of ether oxygens (including phenoxy) is 2. The minimum absolute atomic E-state index is 0.281. The molecule has 0 aliphatic rings. The van der Waals surface area contributed by atoms with Crippen molar-refractivity contribution in [1.29, 1.82) is 0 Å². The van der Waals surface area contributed by atoms with Gasteiger partial charge in [-0.05, 0) is 13.8 Å². The highest BCUT2D eigenvalue weighted by molar-refractivity contribution is 5.96. The number of rotatable bonds is 9. The lowest BCUT2D eigenvalue weighted by Gasteiger charge is -2.23. The topological polar surface area (TPSA) is 105 Å². The van der Waals surface area contributed by atoms with Crippen LogP contribution in [0, 0.1) is 5.41 Å². The van der Waals surface area contributed by atoms with E-state index >= 15 is 0 Å². The highest BCUT2D eigenvalue weighted by Crippen LogP contribution is 2.19. The highest BCUT2D eigenvalue weighted by atomic mass is 16.5. The van der Waals surface area contributed by atoms with E-state index in [-0.39, 0.29) is 6.42 Å². The minimum Gasteiger partial charge on any atom is -0.481 e. The molecule has 0 saturated heterocycles. The van der Waals surface area contributed by atoms with Gasteiger partial charge in [0, 0.05) is 33.7 Å². The van der Waals surface area contributed by atoms with Gasteiger partial charge < -0.3 is 19.5 Å². The second-order valence-electron chi connectivity index (χ2n) is 5.19. The second-order valence-corrected chi connectivity index (χ2v) is 5.19. The zero-order chi connectivity index (χ0) is 16.5. The summed E-state index contributed by atoms with van der Waals surface area (Å²) in [5.41, 5.74) is -1.23. The van der Waals surface area contributed by atoms with Crippen LogP contribution in [0.4, 0.5) is 4.79 Å². The Bertz CT molecular complexity index is 362. The Balaban J connectivity index is 4.51. The van der Waals surface area contributed by atoms with Crippen molar-refractivity contribution in [2.24, 2.45) is 5.41 Å². The number of amides is 3. The van der Waals surface area contributed by atoms with Gasteiger partial charge in [-0.1, -0.05) is 0 Å². The Labute approximate surface area is 124 Å². The van der Waals surface area contributed by atoms with Gasteiger partial charge in [-0.2, -0.15) is 0 Å². The maximum atomic E-state index is 12.0. The molecule has 0 spiro atoms. The summed E-state index contributed by atoms with van der Waals surface area (Å²) < 4.78 is 9.79. The molecule has 0 aliphatic carbocycles. The van der Waals surface area contributed by atoms with E-state index in [0.717, 1.165) is 0 Å². The lowest BCUT2D eigenvalue weighted by molar-refractivity contribution is -0.149. The van der Waals surface area contributed by atoms with Gasteiger partial charge >= 0.3 is 12.0 Å². The third-order valence-electron chi connectivity index (χ3n) is 2.85. The molecule has 0 aliphatic heterocycles. The third kappa shape index (κ3) is 7.62. The standard InChI is InChI=1S/C13H24N2O6/c1-13(2,11(17)18)9-10(16)14-12(19)15(5-7-20-3)6-8-21-4/h5-9H2,1-4H3,(H,17,18)(H,14,16,19). The summed E-state index contributed by atoms with van der Waals surface area (Å²) in [7, 11) is 3.01. The summed E-state index contributed by atoms with van der Waals surface area (Å²) in [6.07, 6.45) is -0.281. The summed E-state index contributed by atoms with van der Waals surface area (Å²) in [6, 6.07) is -0.588. The molecule has 8 nitrogen and oxygen atoms in total. The largest absolute Gasteiger partial charge is 0.481 e. The van der Waals surface area contributed by atoms with Crippen LogP contribution in [0.25, 0.3) is 0 Å². The van der Waals surface area contributed by atoms with Crippen LogP contribution < -0.4 is 5.32 Å². The molecule has 0 aromatic heterocycles. The van der Waals surface area contributed by atoms with Gasteiger partial charge in [-0.15, -0.1) is 0 Å². The molecule has 0 rings (SSSR count). The lowest BCUT2D eigenvalue weighted by Crippen LogP contribution is -2.46. The van der Waals surface area contributed by atoms with E-state index in [1.165, 1.54) is 33.0 Å². The van der Waals surface area contributed by atoms with Crippen molar-refractivity contribution < 1.29 is 29.0 Å². The minimum atomic E-state index is -1.23. The van der Waals surface area contributed by atoms with Crippen molar-refractivity contribution in [2.75, 3.05) is 40.5 Å². The quantitative estimate of drug-likeness (QED) is 0.635. The van der Waals surface area contributed by atoms with Crippen molar-refractivity contribution >= 4 is 17.9 Å². The monoisotopic (exact) mass is 304 g/mol. The van der Waals surface area contributed by atoms with Crippen LogP contribution in [0.15, 0.2) is 0 Å². The molecule has 0 saturated carbocycles. The fraction of sp³-hybridized carbons (Fsp3) is 0.769. The molecular weight excluding hydrogens is 280 g/mol. The van der Waals surface area contributed by atoms with E-state index < -0.39 is 23.3 Å². The van der Waals surface area contributed by atoms with Crippen molar-refractivity contribution in [3.05, 3.63) is 0 Å². The normalized spacial score (nSPS) is 11.0. The number of nitrogens with zero attached hydrogens (tertiary/aromatic N) is 1. The van der Waals surface area contributed by atoms with E-state index in [1.54, 1.807) is 0 Å². The number of carboxylic acid groups (broad SMARTS) is 1. The zero-order valence-electron chi connectivity index (χ0n) is 13.0. The number of carboxylic acids is 1. The predicted molar refractivity (Wildman–Crippen MR) is 74.9 cm³/mol. The molecule has 0 heterocycles. The van der Waals surface area contributed by atoms with Crippen molar-refractivity contribution in [3.63, 3.8) is 0 Å². The van der Waals surface area contributed by atoms with Crippen molar-refractivity contribution in [1.82, 2.24) is 10.2 Å². The summed E-state index contributed by atoms with van der Waals surface area (Å²) >= 11 is 0. The van der Waals surface area contributed by atoms with Gasteiger partial charge in [-0.25, -0.2) is 4.79 Å². The molecule has 2 N–H and O–H groups in total. The number of carbonyl (C=O) groups excluding carboxylic acids is 2. The first-order valence-corrected chi connectivity index (χ1v) is 6.54. The Kier molecular flexibility index (Phi) is 8.56. The van der Waals surface area contributed by atoms with Gasteiger partial charge in [-0.3, -0.25) is 14.9 Å². The molecule has 122 valence electrons. The van der Waals surface area contributed by atoms with E-state index in [4.69, 9.17) is 14.6 Å². The van der Waals surface area contributed by atoms with Crippen LogP contribution in [0.3, 0.4) is 0 Å². The van der Waals surface area contributed by atoms with Crippen LogP contribution in [-0.4, -0.2) is 68.4 Å². The molecular formula is C13H24N2O6. The van der Waals surface area contributed by atoms with E-state index in [9.17, 15) is 14.4 Å². The molecule has 0 unspecified atom stereocenters. The fourth-order valence-electron chi connectivity index (χ4n) is 1.44. The van der Waals surface area contributed by atoms with E-state index in [1.807, 2.05) is 0 Å². The van der Waals surface area contributed by atoms with E-state index in [2.05, 4.69) is 5.32 Å². The molecule has 0 atom stereocenters. The van der Waals surface area contributed by atoms with Crippen LogP contribution in [0.1, 0.15) is 20.3 Å². The third-order valence-corrected chi connectivity index (χ3v) is 2.85. The second kappa shape index (κ2) is 9.30. The molecule has 0 aromatic carbocycles. The zero-order valence-corrected chi connectivity index (χ0v) is 13.0. The molecule has 21 heavy (non-hydrogen) atoms. The Morgan fingerprint density at radius 2 is 1.57 bits per heavy atom. The average molecular weight is 304 g/mol. The molecule has 0 aromatic rings. The van der Waals surface area contributed by atoms with Crippen LogP contribution in [0.2, 0.25) is 0 Å². The maximum Gasteiger partial charge on any atom is 0.324 e. The van der Waals surface area contributed by atoms with E-state index in [0.29, 0.717) is 26.3 Å². The molecule has 0 bridgehead atoms. The smallest absolute Gasteiger partial charge is 0.324 e. The van der Waals surface area contributed by atoms with Crippen molar-refractivity contribution in [2.45, 2.75) is 20.3 Å². The summed E-state index contributed by atoms with van der Waals surface area (Å²) in [5.74, 6) is -1.73. The number of carbonyl (C=O) groups is 3. The summed E-state index contributed by atoms with van der Waals surface area (Å²) in [6.45, 7) is 4.11. The molecule has 0 radical (unpaired) electrons. The Morgan fingerprint density at radius 3 is 1.95 bits per heavy atom. The number of imide groups is 1. The number of hydrogen-bond donors (Lipinski definition) is 2. The summed E-state index contributed by atoms with van der Waals surface area (Å²) in [5, 5.41) is 11.1. The molecule has 3 amide bonds. The lowest BCUT2D eigenvalue weighted by atomic mass is 9.89. The van der Waals surface area contributed by atoms with Gasteiger partial charge in [0.15, 0.2) is 0 Å². The van der Waals surface area contributed by atoms with Gasteiger partial charge in [0.2, 0.25) is 5.91 Å². The number of nitrogens with one attached hydrogen (secondary N) is 1. The SMILES string of the molecule is COCCN(CCOC)C(=O)NC(=O)CC(C)(C)C(=O)O. The Morgan fingerprint density at radius 1 is 1.10 bits per heavy atom. The van der Waals surface area contributed by atoms with Gasteiger partial charge in [0.25, 0.3) is 0 Å². The van der Waals surface area contributed by atoms with Crippen LogP contribution in [-0.2, 0) is 19.1 Å². The van der Waals surface area contributed by atoms with Gasteiger partial charge in [0.1, 0.15) is 0 Å². The highest BCUT2D eigenvalue weighted by Gasteiger charge is 2.31.